The molecule has 1 N–H and O–H groups in total. The third kappa shape index (κ3) is 5.57. The molecule has 2 atom stereocenters. The van der Waals surface area contributed by atoms with Gasteiger partial charge < -0.3 is 9.84 Å². The van der Waals surface area contributed by atoms with E-state index in [1.54, 1.807) is 12.2 Å². The average molecular weight is 308 g/mol. The number of rotatable bonds is 6. The Balaban J connectivity index is 2.17. The van der Waals surface area contributed by atoms with E-state index in [4.69, 9.17) is 4.74 Å². The number of hydrogen-bond donors (Lipinski definition) is 1. The molecule has 0 saturated carbocycles. The Labute approximate surface area is 136 Å². The van der Waals surface area contributed by atoms with E-state index in [2.05, 4.69) is 0 Å². The van der Waals surface area contributed by atoms with Crippen LogP contribution in [0.1, 0.15) is 24.0 Å². The molecule has 0 aliphatic rings. The van der Waals surface area contributed by atoms with Crippen molar-refractivity contribution in [3.8, 4) is 0 Å². The second-order valence-corrected chi connectivity index (χ2v) is 5.13. The largest absolute Gasteiger partial charge is 0.435 e. The molecule has 2 rings (SSSR count). The highest BCUT2D eigenvalue weighted by Gasteiger charge is 2.16. The van der Waals surface area contributed by atoms with Crippen LogP contribution in [-0.2, 0) is 9.53 Å². The van der Waals surface area contributed by atoms with Crippen molar-refractivity contribution >= 4 is 12.0 Å². The number of carbonyl (C=O) groups is 1. The molecule has 2 aromatic rings. The Kier molecular flexibility index (Phi) is 6.33. The van der Waals surface area contributed by atoms with E-state index >= 15 is 0 Å². The molecule has 0 saturated heterocycles. The monoisotopic (exact) mass is 308 g/mol. The summed E-state index contributed by atoms with van der Waals surface area (Å²) in [6, 6.07) is 19.4. The van der Waals surface area contributed by atoms with E-state index in [-0.39, 0.29) is 11.9 Å². The van der Waals surface area contributed by atoms with Gasteiger partial charge in [0, 0.05) is 12.8 Å². The van der Waals surface area contributed by atoms with Crippen molar-refractivity contribution in [3.63, 3.8) is 0 Å². The lowest BCUT2D eigenvalue weighted by atomic mass is 9.93. The molecule has 0 aliphatic heterocycles. The quantitative estimate of drug-likeness (QED) is 0.650. The molecule has 0 amide bonds. The van der Waals surface area contributed by atoms with Crippen LogP contribution in [0.2, 0.25) is 0 Å². The fraction of sp³-hybridized carbons (Fsp3) is 0.150. The maximum atomic E-state index is 10.9. The normalized spacial score (nSPS) is 14.0. The van der Waals surface area contributed by atoms with Gasteiger partial charge in [0.05, 0.1) is 12.4 Å². The van der Waals surface area contributed by atoms with E-state index in [9.17, 15) is 9.90 Å². The Morgan fingerprint density at radius 1 is 1.00 bits per heavy atom. The molecule has 0 unspecified atom stereocenters. The summed E-state index contributed by atoms with van der Waals surface area (Å²) in [4.78, 5) is 10.9. The van der Waals surface area contributed by atoms with E-state index in [1.807, 2.05) is 66.7 Å². The molecule has 0 bridgehead atoms. The number of hydrogen-bond acceptors (Lipinski definition) is 3. The first-order chi connectivity index (χ1) is 11.2. The third-order valence-electron chi connectivity index (χ3n) is 3.36. The number of benzene rings is 2. The topological polar surface area (TPSA) is 46.5 Å². The number of esters is 1. The zero-order valence-corrected chi connectivity index (χ0v) is 13.0. The van der Waals surface area contributed by atoms with Crippen LogP contribution < -0.4 is 0 Å². The lowest BCUT2D eigenvalue weighted by Gasteiger charge is -2.17. The first kappa shape index (κ1) is 16.7. The fourth-order valence-corrected chi connectivity index (χ4v) is 2.21. The maximum absolute atomic E-state index is 10.9. The van der Waals surface area contributed by atoms with Gasteiger partial charge in [0.25, 0.3) is 0 Å². The molecule has 0 spiro atoms. The predicted molar refractivity (Wildman–Crippen MR) is 91.6 cm³/mol. The van der Waals surface area contributed by atoms with Crippen LogP contribution in [0.5, 0.6) is 0 Å². The van der Waals surface area contributed by atoms with Crippen LogP contribution in [0.25, 0.3) is 6.08 Å². The lowest BCUT2D eigenvalue weighted by molar-refractivity contribution is -0.135. The molecule has 0 fully saturated rings. The van der Waals surface area contributed by atoms with Gasteiger partial charge in [0.1, 0.15) is 0 Å². The van der Waals surface area contributed by atoms with Gasteiger partial charge in [-0.25, -0.2) is 0 Å². The molecule has 3 nitrogen and oxygen atoms in total. The summed E-state index contributed by atoms with van der Waals surface area (Å²) >= 11 is 0. The van der Waals surface area contributed by atoms with Crippen LogP contribution in [0.4, 0.5) is 0 Å². The van der Waals surface area contributed by atoms with Gasteiger partial charge in [0.2, 0.25) is 0 Å². The first-order valence-electron chi connectivity index (χ1n) is 7.47. The molecular weight excluding hydrogens is 288 g/mol. The summed E-state index contributed by atoms with van der Waals surface area (Å²) in [5.74, 6) is -0.683. The molecule has 0 aromatic heterocycles. The van der Waals surface area contributed by atoms with Crippen molar-refractivity contribution in [3.05, 3.63) is 90.2 Å². The highest BCUT2D eigenvalue weighted by Crippen LogP contribution is 2.23. The predicted octanol–water partition coefficient (Wildman–Crippen LogP) is 3.92. The second kappa shape index (κ2) is 8.71. The average Bonchev–Trinajstić information content (AvgIpc) is 2.58. The summed E-state index contributed by atoms with van der Waals surface area (Å²) in [5.41, 5.74) is 1.96. The summed E-state index contributed by atoms with van der Waals surface area (Å²) in [6.07, 6.45) is 5.91. The van der Waals surface area contributed by atoms with Gasteiger partial charge in [0.15, 0.2) is 0 Å². The van der Waals surface area contributed by atoms with Gasteiger partial charge in [-0.15, -0.1) is 0 Å². The zero-order valence-electron chi connectivity index (χ0n) is 13.0. The van der Waals surface area contributed by atoms with Crippen molar-refractivity contribution < 1.29 is 14.6 Å². The number of ether oxygens (including phenoxy) is 1. The summed E-state index contributed by atoms with van der Waals surface area (Å²) < 4.78 is 4.85. The SMILES string of the molecule is CC(=O)O/C=C\[C@@H](c1ccccc1)[C@@H](O)/C=C/c1ccccc1. The minimum Gasteiger partial charge on any atom is -0.435 e. The first-order valence-corrected chi connectivity index (χ1v) is 7.47. The number of aliphatic hydroxyl groups is 1. The van der Waals surface area contributed by atoms with E-state index in [1.165, 1.54) is 13.2 Å². The van der Waals surface area contributed by atoms with Gasteiger partial charge in [-0.1, -0.05) is 72.8 Å². The van der Waals surface area contributed by atoms with Gasteiger partial charge in [-0.3, -0.25) is 4.79 Å². The van der Waals surface area contributed by atoms with Crippen LogP contribution in [0.3, 0.4) is 0 Å². The van der Waals surface area contributed by atoms with E-state index in [0.29, 0.717) is 0 Å². The highest BCUT2D eigenvalue weighted by atomic mass is 16.5. The highest BCUT2D eigenvalue weighted by molar-refractivity contribution is 5.66. The molecule has 0 heterocycles. The fourth-order valence-electron chi connectivity index (χ4n) is 2.21. The number of carbonyl (C=O) groups excluding carboxylic acids is 1. The molecule has 3 heteroatoms. The summed E-state index contributed by atoms with van der Waals surface area (Å²) in [7, 11) is 0. The number of aliphatic hydroxyl groups excluding tert-OH is 1. The smallest absolute Gasteiger partial charge is 0.307 e. The zero-order chi connectivity index (χ0) is 16.5. The summed E-state index contributed by atoms with van der Waals surface area (Å²) in [6.45, 7) is 1.34. The van der Waals surface area contributed by atoms with Crippen molar-refractivity contribution in [2.24, 2.45) is 0 Å². The van der Waals surface area contributed by atoms with Crippen LogP contribution in [-0.4, -0.2) is 17.2 Å². The van der Waals surface area contributed by atoms with Gasteiger partial charge >= 0.3 is 5.97 Å². The van der Waals surface area contributed by atoms with Crippen molar-refractivity contribution in [2.75, 3.05) is 0 Å². The molecule has 23 heavy (non-hydrogen) atoms. The van der Waals surface area contributed by atoms with Gasteiger partial charge in [-0.05, 0) is 17.2 Å². The second-order valence-electron chi connectivity index (χ2n) is 5.13. The Bertz CT molecular complexity index is 660. The van der Waals surface area contributed by atoms with Crippen LogP contribution in [0, 0.1) is 0 Å². The Morgan fingerprint density at radius 3 is 2.22 bits per heavy atom. The van der Waals surface area contributed by atoms with Crippen molar-refractivity contribution in [1.82, 2.24) is 0 Å². The van der Waals surface area contributed by atoms with E-state index < -0.39 is 6.10 Å². The molecule has 118 valence electrons. The third-order valence-corrected chi connectivity index (χ3v) is 3.36. The Morgan fingerprint density at radius 2 is 1.61 bits per heavy atom. The Hall–Kier alpha value is -2.65. The standard InChI is InChI=1S/C20H20O3/c1-16(21)23-15-14-19(18-10-6-3-7-11-18)20(22)13-12-17-8-4-2-5-9-17/h2-15,19-20,22H,1H3/b13-12+,15-14-/t19-,20-/m0/s1. The van der Waals surface area contributed by atoms with E-state index in [0.717, 1.165) is 11.1 Å². The van der Waals surface area contributed by atoms with Crippen LogP contribution in [0.15, 0.2) is 79.1 Å². The van der Waals surface area contributed by atoms with Gasteiger partial charge in [-0.2, -0.15) is 0 Å². The molecule has 0 radical (unpaired) electrons. The lowest BCUT2D eigenvalue weighted by Crippen LogP contribution is -2.14. The van der Waals surface area contributed by atoms with Crippen LogP contribution >= 0.6 is 0 Å². The molecule has 2 aromatic carbocycles. The minimum absolute atomic E-state index is 0.296. The summed E-state index contributed by atoms with van der Waals surface area (Å²) in [5, 5.41) is 10.5. The maximum Gasteiger partial charge on any atom is 0.307 e. The minimum atomic E-state index is -0.732. The molecular formula is C20H20O3. The van der Waals surface area contributed by atoms with Crippen molar-refractivity contribution in [2.45, 2.75) is 18.9 Å². The van der Waals surface area contributed by atoms with Crippen molar-refractivity contribution in [1.29, 1.82) is 0 Å². The molecule has 0 aliphatic carbocycles.